The molecule has 136 valence electrons. The van der Waals surface area contributed by atoms with Gasteiger partial charge in [0, 0.05) is 48.7 Å². The van der Waals surface area contributed by atoms with Crippen LogP contribution in [0.1, 0.15) is 11.6 Å². The van der Waals surface area contributed by atoms with Crippen molar-refractivity contribution in [3.05, 3.63) is 52.9 Å². The van der Waals surface area contributed by atoms with Gasteiger partial charge in [-0.25, -0.2) is 4.98 Å². The smallest absolute Gasteiger partial charge is 0.239 e. The molecular formula is C16H20BrCl2N5O. The van der Waals surface area contributed by atoms with Crippen LogP contribution in [0.15, 0.2) is 47.3 Å². The van der Waals surface area contributed by atoms with Gasteiger partial charge < -0.3 is 10.6 Å². The highest BCUT2D eigenvalue weighted by Crippen LogP contribution is 2.21. The first-order valence-electron chi connectivity index (χ1n) is 7.48. The second-order valence-corrected chi connectivity index (χ2v) is 6.30. The maximum Gasteiger partial charge on any atom is 0.239 e. The summed E-state index contributed by atoms with van der Waals surface area (Å²) in [6.07, 6.45) is 5.29. The van der Waals surface area contributed by atoms with Crippen LogP contribution in [-0.4, -0.2) is 47.0 Å². The lowest BCUT2D eigenvalue weighted by Gasteiger charge is -2.35. The summed E-state index contributed by atoms with van der Waals surface area (Å²) in [5, 5.41) is 6.21. The van der Waals surface area contributed by atoms with Gasteiger partial charge >= 0.3 is 0 Å². The summed E-state index contributed by atoms with van der Waals surface area (Å²) >= 11 is 3.33. The molecule has 0 aliphatic carbocycles. The summed E-state index contributed by atoms with van der Waals surface area (Å²) in [7, 11) is 0. The van der Waals surface area contributed by atoms with E-state index in [0.29, 0.717) is 12.4 Å². The van der Waals surface area contributed by atoms with Gasteiger partial charge in [0.05, 0.1) is 6.54 Å². The first kappa shape index (κ1) is 21.8. The fourth-order valence-corrected chi connectivity index (χ4v) is 2.89. The Labute approximate surface area is 167 Å². The molecule has 1 unspecified atom stereocenters. The number of aromatic nitrogens is 2. The Morgan fingerprint density at radius 2 is 2.16 bits per heavy atom. The van der Waals surface area contributed by atoms with Crippen LogP contribution in [-0.2, 0) is 4.79 Å². The Morgan fingerprint density at radius 1 is 1.32 bits per heavy atom. The molecule has 2 aromatic heterocycles. The largest absolute Gasteiger partial charge is 0.314 e. The molecule has 1 atom stereocenters. The number of hydrogen-bond acceptors (Lipinski definition) is 5. The van der Waals surface area contributed by atoms with Gasteiger partial charge in [-0.1, -0.05) is 6.07 Å². The van der Waals surface area contributed by atoms with E-state index in [9.17, 15) is 4.79 Å². The highest BCUT2D eigenvalue weighted by molar-refractivity contribution is 9.10. The molecule has 1 aliphatic heterocycles. The average molecular weight is 449 g/mol. The van der Waals surface area contributed by atoms with Crippen LogP contribution in [0.25, 0.3) is 0 Å². The van der Waals surface area contributed by atoms with Crippen LogP contribution >= 0.6 is 40.7 Å². The standard InChI is InChI=1S/C16H18BrN5O.2ClH/c17-13-3-4-15(20-9-13)21-16(23)11-22-7-6-19-10-14(22)12-2-1-5-18-8-12;;/h1-5,8-9,14,19H,6-7,10-11H2,(H,20,21,23);2*1H. The minimum Gasteiger partial charge on any atom is -0.314 e. The summed E-state index contributed by atoms with van der Waals surface area (Å²) < 4.78 is 0.884. The summed E-state index contributed by atoms with van der Waals surface area (Å²) in [5.41, 5.74) is 1.12. The average Bonchev–Trinajstić information content (AvgIpc) is 2.58. The molecule has 6 nitrogen and oxygen atoms in total. The number of piperazine rings is 1. The van der Waals surface area contributed by atoms with Crippen LogP contribution in [0, 0.1) is 0 Å². The van der Waals surface area contributed by atoms with Crippen LogP contribution in [0.4, 0.5) is 5.82 Å². The molecule has 9 heteroatoms. The summed E-state index contributed by atoms with van der Waals surface area (Å²) in [6.45, 7) is 2.84. The summed E-state index contributed by atoms with van der Waals surface area (Å²) in [4.78, 5) is 22.8. The molecule has 1 fully saturated rings. The van der Waals surface area contributed by atoms with E-state index in [2.05, 4.69) is 41.4 Å². The second-order valence-electron chi connectivity index (χ2n) is 5.39. The zero-order valence-electron chi connectivity index (χ0n) is 13.4. The topological polar surface area (TPSA) is 70.2 Å². The molecule has 3 heterocycles. The van der Waals surface area contributed by atoms with E-state index in [0.717, 1.165) is 29.7 Å². The molecule has 1 aliphatic rings. The van der Waals surface area contributed by atoms with E-state index in [4.69, 9.17) is 0 Å². The number of pyridine rings is 2. The molecular weight excluding hydrogens is 429 g/mol. The first-order chi connectivity index (χ1) is 11.2. The van der Waals surface area contributed by atoms with Crippen LogP contribution < -0.4 is 10.6 Å². The summed E-state index contributed by atoms with van der Waals surface area (Å²) in [5.74, 6) is 0.502. The van der Waals surface area contributed by atoms with Gasteiger partial charge in [0.15, 0.2) is 0 Å². The third kappa shape index (κ3) is 6.20. The van der Waals surface area contributed by atoms with Gasteiger partial charge in [-0.05, 0) is 39.7 Å². The Kier molecular flexibility index (Phi) is 9.31. The molecule has 25 heavy (non-hydrogen) atoms. The third-order valence-corrected chi connectivity index (χ3v) is 4.23. The van der Waals surface area contributed by atoms with E-state index in [1.807, 2.05) is 24.4 Å². The number of nitrogens with one attached hydrogen (secondary N) is 2. The van der Waals surface area contributed by atoms with E-state index < -0.39 is 0 Å². The number of anilines is 1. The number of amides is 1. The fourth-order valence-electron chi connectivity index (χ4n) is 2.65. The molecule has 0 bridgehead atoms. The number of carbonyl (C=O) groups is 1. The number of nitrogens with zero attached hydrogens (tertiary/aromatic N) is 3. The van der Waals surface area contributed by atoms with Gasteiger partial charge in [0.1, 0.15) is 5.82 Å². The predicted molar refractivity (Wildman–Crippen MR) is 106 cm³/mol. The van der Waals surface area contributed by atoms with Crippen molar-refractivity contribution in [2.24, 2.45) is 0 Å². The minimum absolute atomic E-state index is 0. The minimum atomic E-state index is -0.0596. The third-order valence-electron chi connectivity index (χ3n) is 3.77. The van der Waals surface area contributed by atoms with Gasteiger partial charge in [0.25, 0.3) is 0 Å². The molecule has 1 amide bonds. The van der Waals surface area contributed by atoms with Crippen molar-refractivity contribution in [3.8, 4) is 0 Å². The van der Waals surface area contributed by atoms with E-state index in [-0.39, 0.29) is 36.8 Å². The second kappa shape index (κ2) is 10.7. The maximum atomic E-state index is 12.3. The molecule has 0 saturated carbocycles. The Balaban J connectivity index is 0.00000156. The SMILES string of the molecule is Cl.Cl.O=C(CN1CCNCC1c1cccnc1)Nc1ccc(Br)cn1. The first-order valence-corrected chi connectivity index (χ1v) is 8.28. The van der Waals surface area contributed by atoms with Gasteiger partial charge in [-0.2, -0.15) is 0 Å². The van der Waals surface area contributed by atoms with Crippen molar-refractivity contribution >= 4 is 52.5 Å². The van der Waals surface area contributed by atoms with Crippen LogP contribution in [0.3, 0.4) is 0 Å². The van der Waals surface area contributed by atoms with Crippen molar-refractivity contribution in [1.82, 2.24) is 20.2 Å². The molecule has 3 rings (SSSR count). The highest BCUT2D eigenvalue weighted by Gasteiger charge is 2.25. The Bertz CT molecular complexity index is 659. The normalized spacial score (nSPS) is 17.1. The van der Waals surface area contributed by atoms with Crippen molar-refractivity contribution in [1.29, 1.82) is 0 Å². The predicted octanol–water partition coefficient (Wildman–Crippen LogP) is 2.67. The van der Waals surface area contributed by atoms with E-state index in [1.54, 1.807) is 18.5 Å². The van der Waals surface area contributed by atoms with Crippen molar-refractivity contribution in [2.45, 2.75) is 6.04 Å². The highest BCUT2D eigenvalue weighted by atomic mass is 79.9. The summed E-state index contributed by atoms with van der Waals surface area (Å²) in [6, 6.07) is 7.75. The van der Waals surface area contributed by atoms with E-state index >= 15 is 0 Å². The zero-order chi connectivity index (χ0) is 16.1. The van der Waals surface area contributed by atoms with Crippen molar-refractivity contribution in [3.63, 3.8) is 0 Å². The number of halogens is 3. The number of hydrogen-bond donors (Lipinski definition) is 2. The molecule has 0 aromatic carbocycles. The van der Waals surface area contributed by atoms with Crippen LogP contribution in [0.5, 0.6) is 0 Å². The maximum absolute atomic E-state index is 12.3. The van der Waals surface area contributed by atoms with Crippen LogP contribution in [0.2, 0.25) is 0 Å². The molecule has 2 N–H and O–H groups in total. The van der Waals surface area contributed by atoms with Crippen molar-refractivity contribution < 1.29 is 4.79 Å². The van der Waals surface area contributed by atoms with Gasteiger partial charge in [-0.15, -0.1) is 24.8 Å². The monoisotopic (exact) mass is 447 g/mol. The lowest BCUT2D eigenvalue weighted by molar-refractivity contribution is -0.118. The van der Waals surface area contributed by atoms with Gasteiger partial charge in [0.2, 0.25) is 5.91 Å². The molecule has 1 saturated heterocycles. The molecule has 2 aromatic rings. The Morgan fingerprint density at radius 3 is 2.84 bits per heavy atom. The van der Waals surface area contributed by atoms with E-state index in [1.165, 1.54) is 0 Å². The number of carbonyl (C=O) groups excluding carboxylic acids is 1. The van der Waals surface area contributed by atoms with Crippen molar-refractivity contribution in [2.75, 3.05) is 31.5 Å². The number of rotatable bonds is 4. The quantitative estimate of drug-likeness (QED) is 0.752. The zero-order valence-corrected chi connectivity index (χ0v) is 16.6. The molecule has 0 spiro atoms. The lowest BCUT2D eigenvalue weighted by Crippen LogP contribution is -2.48. The lowest BCUT2D eigenvalue weighted by atomic mass is 10.1. The molecule has 0 radical (unpaired) electrons. The van der Waals surface area contributed by atoms with Gasteiger partial charge in [-0.3, -0.25) is 14.7 Å². The fraction of sp³-hybridized carbons (Fsp3) is 0.312. The Hall–Kier alpha value is -1.25.